The molecular formula is C13H19N3O4S. The topological polar surface area (TPSA) is 92.5 Å². The zero-order valence-corrected chi connectivity index (χ0v) is 12.9. The number of nitrogens with zero attached hydrogens (tertiary/aromatic N) is 2. The first-order valence-corrected chi connectivity index (χ1v) is 8.56. The minimum absolute atomic E-state index is 0.0679. The van der Waals surface area contributed by atoms with Gasteiger partial charge in [0.1, 0.15) is 10.6 Å². The maximum atomic E-state index is 12.8. The first-order chi connectivity index (χ1) is 9.89. The van der Waals surface area contributed by atoms with Crippen molar-refractivity contribution in [2.45, 2.75) is 44.0 Å². The van der Waals surface area contributed by atoms with E-state index in [4.69, 9.17) is 4.52 Å². The van der Waals surface area contributed by atoms with Crippen molar-refractivity contribution in [2.24, 2.45) is 5.92 Å². The molecule has 2 atom stereocenters. The fourth-order valence-electron chi connectivity index (χ4n) is 3.27. The molecule has 2 aliphatic heterocycles. The number of hydrogen-bond donors (Lipinski definition) is 1. The summed E-state index contributed by atoms with van der Waals surface area (Å²) in [4.78, 5) is 11.6. The van der Waals surface area contributed by atoms with Crippen molar-refractivity contribution in [1.82, 2.24) is 14.8 Å². The molecule has 2 saturated heterocycles. The van der Waals surface area contributed by atoms with Crippen LogP contribution in [0.2, 0.25) is 0 Å². The largest absolute Gasteiger partial charge is 0.360 e. The van der Waals surface area contributed by atoms with Gasteiger partial charge in [0.2, 0.25) is 15.9 Å². The highest BCUT2D eigenvalue weighted by Gasteiger charge is 2.40. The summed E-state index contributed by atoms with van der Waals surface area (Å²) in [5, 5.41) is 6.69. The van der Waals surface area contributed by atoms with Crippen LogP contribution in [0.3, 0.4) is 0 Å². The normalized spacial score (nSPS) is 27.2. The first kappa shape index (κ1) is 14.5. The predicted octanol–water partition coefficient (Wildman–Crippen LogP) is 0.581. The lowest BCUT2D eigenvalue weighted by Gasteiger charge is -2.40. The number of aryl methyl sites for hydroxylation is 2. The molecule has 3 rings (SSSR count). The maximum absolute atomic E-state index is 12.8. The highest BCUT2D eigenvalue weighted by molar-refractivity contribution is 7.89. The molecule has 0 radical (unpaired) electrons. The van der Waals surface area contributed by atoms with Crippen LogP contribution in [0.1, 0.15) is 30.7 Å². The molecular weight excluding hydrogens is 294 g/mol. The van der Waals surface area contributed by atoms with E-state index in [-0.39, 0.29) is 22.8 Å². The number of sulfonamides is 1. The number of rotatable bonds is 2. The van der Waals surface area contributed by atoms with Crippen molar-refractivity contribution in [3.8, 4) is 0 Å². The second-order valence-electron chi connectivity index (χ2n) is 5.78. The summed E-state index contributed by atoms with van der Waals surface area (Å²) < 4.78 is 32.0. The highest BCUT2D eigenvalue weighted by atomic mass is 32.2. The summed E-state index contributed by atoms with van der Waals surface area (Å²) in [6.07, 6.45) is 1.86. The Morgan fingerprint density at radius 2 is 2.10 bits per heavy atom. The Balaban J connectivity index is 1.84. The van der Waals surface area contributed by atoms with E-state index >= 15 is 0 Å². The van der Waals surface area contributed by atoms with Crippen LogP contribution in [-0.2, 0) is 14.8 Å². The SMILES string of the molecule is Cc1noc(C)c1S(=O)(=O)N1CCC2NC(=O)CCC2C1. The molecule has 7 nitrogen and oxygen atoms in total. The molecule has 0 aliphatic carbocycles. The van der Waals surface area contributed by atoms with Gasteiger partial charge in [-0.1, -0.05) is 5.16 Å². The minimum Gasteiger partial charge on any atom is -0.360 e. The van der Waals surface area contributed by atoms with Crippen LogP contribution in [0.15, 0.2) is 9.42 Å². The lowest BCUT2D eigenvalue weighted by molar-refractivity contribution is -0.124. The molecule has 1 N–H and O–H groups in total. The average molecular weight is 313 g/mol. The Hall–Kier alpha value is -1.41. The van der Waals surface area contributed by atoms with Gasteiger partial charge in [0.25, 0.3) is 0 Å². The van der Waals surface area contributed by atoms with Gasteiger partial charge in [-0.15, -0.1) is 0 Å². The molecule has 0 saturated carbocycles. The molecule has 2 unspecified atom stereocenters. The third kappa shape index (κ3) is 2.46. The molecule has 2 aliphatic rings. The molecule has 1 aromatic rings. The molecule has 8 heteroatoms. The van der Waals surface area contributed by atoms with Gasteiger partial charge < -0.3 is 9.84 Å². The molecule has 0 spiro atoms. The third-order valence-corrected chi connectivity index (χ3v) is 6.46. The Labute approximate surface area is 123 Å². The summed E-state index contributed by atoms with van der Waals surface area (Å²) in [5.74, 6) is 0.580. The predicted molar refractivity (Wildman–Crippen MR) is 74.0 cm³/mol. The second-order valence-corrected chi connectivity index (χ2v) is 7.65. The number of hydrogen-bond acceptors (Lipinski definition) is 5. The molecule has 21 heavy (non-hydrogen) atoms. The molecule has 1 amide bonds. The van der Waals surface area contributed by atoms with Crippen molar-refractivity contribution in [3.63, 3.8) is 0 Å². The van der Waals surface area contributed by atoms with Crippen LogP contribution in [-0.4, -0.2) is 42.9 Å². The lowest BCUT2D eigenvalue weighted by Crippen LogP contribution is -2.55. The van der Waals surface area contributed by atoms with E-state index in [1.807, 2.05) is 0 Å². The summed E-state index contributed by atoms with van der Waals surface area (Å²) in [5.41, 5.74) is 0.395. The quantitative estimate of drug-likeness (QED) is 0.862. The molecule has 116 valence electrons. The van der Waals surface area contributed by atoms with E-state index in [2.05, 4.69) is 10.5 Å². The summed E-state index contributed by atoms with van der Waals surface area (Å²) in [6.45, 7) is 4.10. The molecule has 3 heterocycles. The Kier molecular flexibility index (Phi) is 3.53. The standard InChI is InChI=1S/C13H19N3O4S/c1-8-13(9(2)20-15-8)21(18,19)16-6-5-11-10(7-16)3-4-12(17)14-11/h10-11H,3-7H2,1-2H3,(H,14,17). The van der Waals surface area contributed by atoms with Gasteiger partial charge >= 0.3 is 0 Å². The van der Waals surface area contributed by atoms with Gasteiger partial charge in [-0.2, -0.15) is 4.31 Å². The molecule has 0 aromatic carbocycles. The number of carbonyl (C=O) groups excluding carboxylic acids is 1. The lowest BCUT2D eigenvalue weighted by atomic mass is 9.86. The van der Waals surface area contributed by atoms with Gasteiger partial charge in [0, 0.05) is 25.6 Å². The van der Waals surface area contributed by atoms with Crippen LogP contribution in [0.25, 0.3) is 0 Å². The fraction of sp³-hybridized carbons (Fsp3) is 0.692. The second kappa shape index (κ2) is 5.10. The minimum atomic E-state index is -3.58. The number of carbonyl (C=O) groups is 1. The van der Waals surface area contributed by atoms with E-state index < -0.39 is 10.0 Å². The van der Waals surface area contributed by atoms with E-state index in [0.717, 1.165) is 6.42 Å². The number of piperidine rings is 2. The van der Waals surface area contributed by atoms with E-state index in [1.165, 1.54) is 4.31 Å². The van der Waals surface area contributed by atoms with Crippen molar-refractivity contribution in [2.75, 3.05) is 13.1 Å². The van der Waals surface area contributed by atoms with Crippen molar-refractivity contribution >= 4 is 15.9 Å². The Bertz CT molecular complexity index is 647. The van der Waals surface area contributed by atoms with Crippen molar-refractivity contribution in [3.05, 3.63) is 11.5 Å². The van der Waals surface area contributed by atoms with Gasteiger partial charge in [-0.05, 0) is 32.6 Å². The van der Waals surface area contributed by atoms with Crippen molar-refractivity contribution < 1.29 is 17.7 Å². The van der Waals surface area contributed by atoms with Crippen LogP contribution in [0, 0.1) is 19.8 Å². The smallest absolute Gasteiger partial charge is 0.248 e. The monoisotopic (exact) mass is 313 g/mol. The van der Waals surface area contributed by atoms with E-state index in [1.54, 1.807) is 13.8 Å². The zero-order chi connectivity index (χ0) is 15.2. The first-order valence-electron chi connectivity index (χ1n) is 7.12. The Morgan fingerprint density at radius 1 is 1.33 bits per heavy atom. The van der Waals surface area contributed by atoms with Crippen molar-refractivity contribution in [1.29, 1.82) is 0 Å². The Morgan fingerprint density at radius 3 is 2.76 bits per heavy atom. The van der Waals surface area contributed by atoms with Crippen LogP contribution in [0.5, 0.6) is 0 Å². The van der Waals surface area contributed by atoms with E-state index in [0.29, 0.717) is 37.4 Å². The number of amides is 1. The number of fused-ring (bicyclic) bond motifs is 1. The number of nitrogens with one attached hydrogen (secondary N) is 1. The zero-order valence-electron chi connectivity index (χ0n) is 12.1. The summed E-state index contributed by atoms with van der Waals surface area (Å²) >= 11 is 0. The van der Waals surface area contributed by atoms with Crippen LogP contribution >= 0.6 is 0 Å². The average Bonchev–Trinajstić information content (AvgIpc) is 2.78. The van der Waals surface area contributed by atoms with Crippen LogP contribution in [0.4, 0.5) is 0 Å². The fourth-order valence-corrected chi connectivity index (χ4v) is 5.07. The molecule has 2 fully saturated rings. The summed E-state index contributed by atoms with van der Waals surface area (Å²) in [7, 11) is -3.58. The number of aromatic nitrogens is 1. The van der Waals surface area contributed by atoms with E-state index in [9.17, 15) is 13.2 Å². The molecule has 1 aromatic heterocycles. The van der Waals surface area contributed by atoms with Crippen LogP contribution < -0.4 is 5.32 Å². The maximum Gasteiger partial charge on any atom is 0.248 e. The summed E-state index contributed by atoms with van der Waals surface area (Å²) in [6, 6.07) is 0.0994. The molecule has 0 bridgehead atoms. The third-order valence-electron chi connectivity index (χ3n) is 4.35. The van der Waals surface area contributed by atoms with Gasteiger partial charge in [0.15, 0.2) is 5.76 Å². The highest BCUT2D eigenvalue weighted by Crippen LogP contribution is 2.30. The van der Waals surface area contributed by atoms with Gasteiger partial charge in [0.05, 0.1) is 0 Å². The van der Waals surface area contributed by atoms with Gasteiger partial charge in [-0.3, -0.25) is 4.79 Å². The van der Waals surface area contributed by atoms with Gasteiger partial charge in [-0.25, -0.2) is 8.42 Å².